The van der Waals surface area contributed by atoms with Gasteiger partial charge in [0.15, 0.2) is 17.3 Å². The minimum Gasteiger partial charge on any atom is -0.496 e. The van der Waals surface area contributed by atoms with E-state index in [1.54, 1.807) is 39.5 Å². The van der Waals surface area contributed by atoms with Gasteiger partial charge in [0.1, 0.15) is 41.8 Å². The summed E-state index contributed by atoms with van der Waals surface area (Å²) < 4.78 is 34.2. The van der Waals surface area contributed by atoms with Crippen molar-refractivity contribution in [3.05, 3.63) is 76.9 Å². The van der Waals surface area contributed by atoms with Gasteiger partial charge in [-0.2, -0.15) is 0 Å². The summed E-state index contributed by atoms with van der Waals surface area (Å²) >= 11 is 0. The Morgan fingerprint density at radius 1 is 0.952 bits per heavy atom. The van der Waals surface area contributed by atoms with Crippen LogP contribution in [-0.2, 0) is 11.2 Å². The van der Waals surface area contributed by atoms with Crippen molar-refractivity contribution in [2.45, 2.75) is 38.4 Å². The van der Waals surface area contributed by atoms with Gasteiger partial charge in [-0.05, 0) is 36.3 Å². The minimum atomic E-state index is -0.967. The number of carboxylic acids is 1. The summed E-state index contributed by atoms with van der Waals surface area (Å²) in [6.45, 7) is 4.58. The fourth-order valence-electron chi connectivity index (χ4n) is 5.43. The molecule has 3 aliphatic heterocycles. The van der Waals surface area contributed by atoms with Crippen LogP contribution in [0.5, 0.6) is 34.5 Å². The molecule has 42 heavy (non-hydrogen) atoms. The molecule has 0 amide bonds. The summed E-state index contributed by atoms with van der Waals surface area (Å²) in [6.07, 6.45) is 3.06. The zero-order valence-corrected chi connectivity index (χ0v) is 24.2. The topological polar surface area (TPSA) is 110 Å². The van der Waals surface area contributed by atoms with Gasteiger partial charge < -0.3 is 33.5 Å². The lowest BCUT2D eigenvalue weighted by Crippen LogP contribution is -2.43. The van der Waals surface area contributed by atoms with E-state index in [-0.39, 0.29) is 18.0 Å². The van der Waals surface area contributed by atoms with Crippen molar-refractivity contribution in [3.8, 4) is 34.5 Å². The van der Waals surface area contributed by atoms with Crippen molar-refractivity contribution in [2.75, 3.05) is 27.9 Å². The van der Waals surface area contributed by atoms with Crippen LogP contribution in [0.3, 0.4) is 0 Å². The number of para-hydroxylation sites is 1. The van der Waals surface area contributed by atoms with Gasteiger partial charge in [0.2, 0.25) is 0 Å². The molecule has 0 saturated heterocycles. The van der Waals surface area contributed by atoms with Crippen LogP contribution in [0.1, 0.15) is 46.8 Å². The normalized spacial score (nSPS) is 19.6. The fourth-order valence-corrected chi connectivity index (χ4v) is 5.43. The molecule has 0 bridgehead atoms. The quantitative estimate of drug-likeness (QED) is 0.378. The first kappa shape index (κ1) is 28.9. The molecule has 6 rings (SSSR count). The SMILES string of the molecule is COc1cc2c(cc1OC)C1C(=O)c3ccc4c(c3OC1CO2)CC(C(C)C)O4.COc1ccccc1C=CC(=O)O. The highest BCUT2D eigenvalue weighted by Crippen LogP contribution is 2.49. The van der Waals surface area contributed by atoms with E-state index in [1.807, 2.05) is 30.3 Å². The fraction of sp³-hybridized carbons (Fsp3) is 0.333. The monoisotopic (exact) mass is 574 g/mol. The van der Waals surface area contributed by atoms with Gasteiger partial charge in [-0.3, -0.25) is 4.79 Å². The summed E-state index contributed by atoms with van der Waals surface area (Å²) in [7, 11) is 4.70. The number of ether oxygens (including phenoxy) is 6. The van der Waals surface area contributed by atoms with Crippen molar-refractivity contribution in [1.82, 2.24) is 0 Å². The average molecular weight is 575 g/mol. The van der Waals surface area contributed by atoms with Crippen LogP contribution < -0.4 is 28.4 Å². The Morgan fingerprint density at radius 3 is 2.36 bits per heavy atom. The predicted molar refractivity (Wildman–Crippen MR) is 156 cm³/mol. The smallest absolute Gasteiger partial charge is 0.328 e. The largest absolute Gasteiger partial charge is 0.496 e. The van der Waals surface area contributed by atoms with E-state index in [9.17, 15) is 9.59 Å². The van der Waals surface area contributed by atoms with E-state index in [0.29, 0.717) is 46.8 Å². The van der Waals surface area contributed by atoms with Gasteiger partial charge in [-0.1, -0.05) is 32.0 Å². The second-order valence-corrected chi connectivity index (χ2v) is 10.5. The van der Waals surface area contributed by atoms with Gasteiger partial charge in [-0.25, -0.2) is 4.79 Å². The predicted octanol–water partition coefficient (Wildman–Crippen LogP) is 5.58. The Kier molecular flexibility index (Phi) is 8.29. The first-order valence-electron chi connectivity index (χ1n) is 13.7. The van der Waals surface area contributed by atoms with Crippen LogP contribution in [-0.4, -0.2) is 57.0 Å². The lowest BCUT2D eigenvalue weighted by Gasteiger charge is -2.37. The van der Waals surface area contributed by atoms with Crippen molar-refractivity contribution in [3.63, 3.8) is 0 Å². The number of methoxy groups -OCH3 is 3. The Morgan fingerprint density at radius 2 is 1.67 bits per heavy atom. The van der Waals surface area contributed by atoms with Gasteiger partial charge in [0.05, 0.1) is 32.8 Å². The highest BCUT2D eigenvalue weighted by Gasteiger charge is 2.45. The van der Waals surface area contributed by atoms with E-state index in [0.717, 1.165) is 34.9 Å². The third-order valence-electron chi connectivity index (χ3n) is 7.63. The Bertz CT molecular complexity index is 1520. The van der Waals surface area contributed by atoms with E-state index in [2.05, 4.69) is 13.8 Å². The van der Waals surface area contributed by atoms with Crippen LogP contribution in [0.25, 0.3) is 6.08 Å². The number of ketones is 1. The molecule has 0 saturated carbocycles. The molecule has 9 heteroatoms. The maximum absolute atomic E-state index is 13.5. The Labute approximate surface area is 244 Å². The molecule has 0 fully saturated rings. The molecular weight excluding hydrogens is 540 g/mol. The van der Waals surface area contributed by atoms with E-state index >= 15 is 0 Å². The molecule has 3 aromatic rings. The second kappa shape index (κ2) is 12.1. The first-order chi connectivity index (χ1) is 20.2. The lowest BCUT2D eigenvalue weighted by atomic mass is 9.81. The van der Waals surface area contributed by atoms with Crippen LogP contribution in [0.2, 0.25) is 0 Å². The molecule has 220 valence electrons. The molecule has 9 nitrogen and oxygen atoms in total. The molecule has 0 aliphatic carbocycles. The number of rotatable bonds is 6. The molecular formula is C33H34O9. The van der Waals surface area contributed by atoms with E-state index < -0.39 is 11.9 Å². The van der Waals surface area contributed by atoms with Gasteiger partial charge in [0.25, 0.3) is 0 Å². The number of carbonyl (C=O) groups is 2. The minimum absolute atomic E-state index is 0.0452. The van der Waals surface area contributed by atoms with Gasteiger partial charge in [-0.15, -0.1) is 0 Å². The highest BCUT2D eigenvalue weighted by atomic mass is 16.5. The van der Waals surface area contributed by atoms with Crippen LogP contribution in [0, 0.1) is 5.92 Å². The van der Waals surface area contributed by atoms with Crippen molar-refractivity contribution >= 4 is 17.8 Å². The van der Waals surface area contributed by atoms with E-state index in [1.165, 1.54) is 6.08 Å². The zero-order chi connectivity index (χ0) is 30.0. The standard InChI is InChI=1S/C23H24O6.C10H10O3/c1-11(2)16-8-14-15(28-16)6-5-12-22(24)21-13-7-18(25-3)19(26-4)9-17(13)27-10-20(21)29-23(12)14;1-13-9-5-3-2-4-8(9)6-7-10(11)12/h5-7,9,11,16,20-21H,8,10H2,1-4H3;2-7H,1H3,(H,11,12). The maximum atomic E-state index is 13.5. The van der Waals surface area contributed by atoms with Crippen LogP contribution >= 0.6 is 0 Å². The Balaban J connectivity index is 0.000000229. The van der Waals surface area contributed by atoms with Crippen molar-refractivity contribution in [2.24, 2.45) is 5.92 Å². The van der Waals surface area contributed by atoms with Crippen LogP contribution in [0.15, 0.2) is 54.6 Å². The summed E-state index contributed by atoms with van der Waals surface area (Å²) in [5, 5.41) is 8.41. The Hall–Kier alpha value is -4.66. The number of benzene rings is 3. The summed E-state index contributed by atoms with van der Waals surface area (Å²) in [5.74, 6) is 2.94. The molecule has 3 atom stereocenters. The summed E-state index contributed by atoms with van der Waals surface area (Å²) in [6, 6.07) is 14.5. The molecule has 0 spiro atoms. The first-order valence-corrected chi connectivity index (χ1v) is 13.7. The lowest BCUT2D eigenvalue weighted by molar-refractivity contribution is -0.131. The molecule has 3 heterocycles. The molecule has 3 unspecified atom stereocenters. The number of hydrogen-bond donors (Lipinski definition) is 1. The van der Waals surface area contributed by atoms with Gasteiger partial charge >= 0.3 is 5.97 Å². The molecule has 0 aromatic heterocycles. The summed E-state index contributed by atoms with van der Waals surface area (Å²) in [4.78, 5) is 23.8. The number of carboxylic acid groups (broad SMARTS) is 1. The number of aliphatic carboxylic acids is 1. The molecule has 3 aromatic carbocycles. The molecule has 3 aliphatic rings. The highest BCUT2D eigenvalue weighted by molar-refractivity contribution is 6.06. The third kappa shape index (κ3) is 5.46. The van der Waals surface area contributed by atoms with Crippen LogP contribution in [0.4, 0.5) is 0 Å². The maximum Gasteiger partial charge on any atom is 0.328 e. The van der Waals surface area contributed by atoms with Gasteiger partial charge in [0, 0.05) is 35.3 Å². The second-order valence-electron chi connectivity index (χ2n) is 10.5. The number of carbonyl (C=O) groups excluding carboxylic acids is 1. The van der Waals surface area contributed by atoms with Crippen molar-refractivity contribution in [1.29, 1.82) is 0 Å². The number of Topliss-reactive ketones (excluding diaryl/α,β-unsaturated/α-hetero) is 1. The zero-order valence-electron chi connectivity index (χ0n) is 24.2. The van der Waals surface area contributed by atoms with Crippen molar-refractivity contribution < 1.29 is 43.1 Å². The summed E-state index contributed by atoms with van der Waals surface area (Å²) in [5.41, 5.74) is 3.13. The average Bonchev–Trinajstić information content (AvgIpc) is 3.45. The van der Waals surface area contributed by atoms with E-state index in [4.69, 9.17) is 33.5 Å². The number of fused-ring (bicyclic) bond motifs is 6. The molecule has 1 N–H and O–H groups in total. The number of hydrogen-bond acceptors (Lipinski definition) is 8. The third-order valence-corrected chi connectivity index (χ3v) is 7.63. The molecule has 0 radical (unpaired) electrons.